The number of hydrogen-bond donors (Lipinski definition) is 0. The third-order valence-corrected chi connectivity index (χ3v) is 8.89. The van der Waals surface area contributed by atoms with Crippen LogP contribution in [0.2, 0.25) is 0 Å². The Morgan fingerprint density at radius 3 is 1.61 bits per heavy atom. The van der Waals surface area contributed by atoms with E-state index in [1.807, 2.05) is 12.3 Å². The summed E-state index contributed by atoms with van der Waals surface area (Å²) in [4.78, 5) is 9.72. The minimum atomic E-state index is 0.936. The quantitative estimate of drug-likeness (QED) is 0.159. The first-order valence-corrected chi connectivity index (χ1v) is 15.0. The Kier molecular flexibility index (Phi) is 5.54. The van der Waals surface area contributed by atoms with Gasteiger partial charge in [0.2, 0.25) is 0 Å². The molecule has 7 aromatic carbocycles. The van der Waals surface area contributed by atoms with Crippen molar-refractivity contribution < 1.29 is 0 Å². The number of benzene rings is 7. The summed E-state index contributed by atoms with van der Waals surface area (Å²) in [5.74, 6) is 0. The molecule has 0 bridgehead atoms. The average molecular weight is 559 g/mol. The Balaban J connectivity index is 1.24. The largest absolute Gasteiger partial charge is 0.254 e. The van der Waals surface area contributed by atoms with E-state index in [4.69, 9.17) is 4.98 Å². The summed E-state index contributed by atoms with van der Waals surface area (Å²) in [6, 6.07) is 54.4. The lowest BCUT2D eigenvalue weighted by Crippen LogP contribution is -1.92. The lowest BCUT2D eigenvalue weighted by atomic mass is 9.84. The van der Waals surface area contributed by atoms with Crippen LogP contribution < -0.4 is 0 Å². The van der Waals surface area contributed by atoms with Gasteiger partial charge in [0, 0.05) is 22.5 Å². The van der Waals surface area contributed by atoms with E-state index in [9.17, 15) is 0 Å². The van der Waals surface area contributed by atoms with Crippen LogP contribution in [-0.2, 0) is 0 Å². The van der Waals surface area contributed by atoms with Crippen molar-refractivity contribution >= 4 is 54.1 Å². The second-order valence-corrected chi connectivity index (χ2v) is 11.4. The van der Waals surface area contributed by atoms with Crippen molar-refractivity contribution in [2.24, 2.45) is 0 Å². The molecule has 44 heavy (non-hydrogen) atoms. The molecule has 0 unspecified atom stereocenters. The molecule has 0 aliphatic carbocycles. The van der Waals surface area contributed by atoms with Gasteiger partial charge in [0.05, 0.1) is 16.7 Å². The second-order valence-electron chi connectivity index (χ2n) is 11.4. The molecular formula is C42H26N2. The smallest absolute Gasteiger partial charge is 0.0972 e. The van der Waals surface area contributed by atoms with Gasteiger partial charge in [-0.15, -0.1) is 0 Å². The van der Waals surface area contributed by atoms with Gasteiger partial charge >= 0.3 is 0 Å². The number of hydrogen-bond acceptors (Lipinski definition) is 2. The molecule has 0 amide bonds. The highest BCUT2D eigenvalue weighted by Gasteiger charge is 2.18. The van der Waals surface area contributed by atoms with Gasteiger partial charge < -0.3 is 0 Å². The minimum absolute atomic E-state index is 0.936. The maximum atomic E-state index is 5.08. The summed E-state index contributed by atoms with van der Waals surface area (Å²) in [5.41, 5.74) is 8.91. The van der Waals surface area contributed by atoms with E-state index in [0.29, 0.717) is 0 Å². The second kappa shape index (κ2) is 9.86. The molecule has 9 rings (SSSR count). The Labute approximate surface area is 254 Å². The Morgan fingerprint density at radius 1 is 0.341 bits per heavy atom. The Bertz CT molecular complexity index is 2480. The van der Waals surface area contributed by atoms with Crippen molar-refractivity contribution in [1.29, 1.82) is 0 Å². The van der Waals surface area contributed by atoms with Crippen LogP contribution in [0.15, 0.2) is 158 Å². The topological polar surface area (TPSA) is 25.8 Å². The minimum Gasteiger partial charge on any atom is -0.254 e. The predicted octanol–water partition coefficient (Wildman–Crippen LogP) is 11.2. The summed E-state index contributed by atoms with van der Waals surface area (Å²) in [5, 5.41) is 9.75. The molecule has 0 atom stereocenters. The third-order valence-electron chi connectivity index (χ3n) is 8.89. The van der Waals surface area contributed by atoms with E-state index < -0.39 is 0 Å². The van der Waals surface area contributed by atoms with Crippen LogP contribution in [0.3, 0.4) is 0 Å². The molecule has 0 aliphatic heterocycles. The zero-order valence-electron chi connectivity index (χ0n) is 23.9. The summed E-state index contributed by atoms with van der Waals surface area (Å²) < 4.78 is 0. The van der Waals surface area contributed by atoms with Gasteiger partial charge in [0.15, 0.2) is 0 Å². The number of pyridine rings is 2. The molecule has 2 aromatic heterocycles. The molecule has 0 saturated carbocycles. The van der Waals surface area contributed by atoms with Gasteiger partial charge in [0.25, 0.3) is 0 Å². The number of rotatable bonds is 3. The van der Waals surface area contributed by atoms with Gasteiger partial charge in [-0.3, -0.25) is 4.98 Å². The van der Waals surface area contributed by atoms with Crippen LogP contribution in [0.1, 0.15) is 0 Å². The fourth-order valence-electron chi connectivity index (χ4n) is 6.87. The molecule has 0 radical (unpaired) electrons. The van der Waals surface area contributed by atoms with Crippen LogP contribution in [-0.4, -0.2) is 9.97 Å². The molecule has 2 heteroatoms. The van der Waals surface area contributed by atoms with E-state index in [1.165, 1.54) is 54.6 Å². The SMILES string of the molecule is c1ccc2c(-c3c4ccccc4c(-c4ccc(-c5ccc6ccc7cccnc7c6n5)cc4)c4ccccc34)cccc2c1. The first-order valence-electron chi connectivity index (χ1n) is 15.0. The van der Waals surface area contributed by atoms with Gasteiger partial charge in [-0.05, 0) is 66.7 Å². The fourth-order valence-corrected chi connectivity index (χ4v) is 6.87. The lowest BCUT2D eigenvalue weighted by Gasteiger charge is -2.19. The molecule has 0 N–H and O–H groups in total. The molecule has 0 saturated heterocycles. The first kappa shape index (κ1) is 24.7. The van der Waals surface area contributed by atoms with Gasteiger partial charge in [0.1, 0.15) is 0 Å². The monoisotopic (exact) mass is 558 g/mol. The van der Waals surface area contributed by atoms with Gasteiger partial charge in [-0.25, -0.2) is 4.98 Å². The van der Waals surface area contributed by atoms with E-state index in [2.05, 4.69) is 151 Å². The normalized spacial score (nSPS) is 11.6. The standard InChI is InChI=1S/C42H26N2/c1-2-12-32-27(9-1)10-7-17-33(32)40-36-15-5-3-13-34(36)39(35-14-4-6-16-37(35)40)29-20-18-28(19-21-29)38-25-24-31-23-22-30-11-8-26-43-41(30)42(31)44-38/h1-26H. The van der Waals surface area contributed by atoms with Crippen molar-refractivity contribution in [1.82, 2.24) is 9.97 Å². The van der Waals surface area contributed by atoms with Crippen LogP contribution in [0.4, 0.5) is 0 Å². The van der Waals surface area contributed by atoms with E-state index in [1.54, 1.807) is 0 Å². The number of fused-ring (bicyclic) bond motifs is 6. The van der Waals surface area contributed by atoms with Crippen molar-refractivity contribution in [2.45, 2.75) is 0 Å². The highest BCUT2D eigenvalue weighted by Crippen LogP contribution is 2.45. The number of nitrogens with zero attached hydrogens (tertiary/aromatic N) is 2. The molecule has 9 aromatic rings. The maximum Gasteiger partial charge on any atom is 0.0972 e. The molecule has 2 nitrogen and oxygen atoms in total. The first-order chi connectivity index (χ1) is 21.8. The highest BCUT2D eigenvalue weighted by atomic mass is 14.7. The van der Waals surface area contributed by atoms with E-state index >= 15 is 0 Å². The molecule has 0 fully saturated rings. The van der Waals surface area contributed by atoms with Gasteiger partial charge in [-0.2, -0.15) is 0 Å². The molecule has 0 spiro atoms. The van der Waals surface area contributed by atoms with E-state index in [-0.39, 0.29) is 0 Å². The van der Waals surface area contributed by atoms with Crippen LogP contribution in [0, 0.1) is 0 Å². The zero-order valence-corrected chi connectivity index (χ0v) is 23.9. The van der Waals surface area contributed by atoms with Crippen LogP contribution in [0.5, 0.6) is 0 Å². The summed E-state index contributed by atoms with van der Waals surface area (Å²) in [7, 11) is 0. The molecule has 204 valence electrons. The van der Waals surface area contributed by atoms with Crippen molar-refractivity contribution in [2.75, 3.05) is 0 Å². The predicted molar refractivity (Wildman–Crippen MR) is 186 cm³/mol. The van der Waals surface area contributed by atoms with Crippen LogP contribution >= 0.6 is 0 Å². The van der Waals surface area contributed by atoms with Crippen molar-refractivity contribution in [3.05, 3.63) is 158 Å². The molecular weight excluding hydrogens is 532 g/mol. The van der Waals surface area contributed by atoms with E-state index in [0.717, 1.165) is 33.1 Å². The zero-order chi connectivity index (χ0) is 29.0. The molecule has 2 heterocycles. The maximum absolute atomic E-state index is 5.08. The summed E-state index contributed by atoms with van der Waals surface area (Å²) in [6.45, 7) is 0. The Hall–Kier alpha value is -5.86. The third kappa shape index (κ3) is 3.82. The van der Waals surface area contributed by atoms with Crippen molar-refractivity contribution in [3.63, 3.8) is 0 Å². The van der Waals surface area contributed by atoms with Crippen molar-refractivity contribution in [3.8, 4) is 33.5 Å². The highest BCUT2D eigenvalue weighted by molar-refractivity contribution is 6.23. The summed E-state index contributed by atoms with van der Waals surface area (Å²) in [6.07, 6.45) is 1.84. The lowest BCUT2D eigenvalue weighted by molar-refractivity contribution is 1.37. The Morgan fingerprint density at radius 2 is 0.886 bits per heavy atom. The number of aromatic nitrogens is 2. The molecule has 0 aliphatic rings. The average Bonchev–Trinajstić information content (AvgIpc) is 3.10. The van der Waals surface area contributed by atoms with Crippen LogP contribution in [0.25, 0.3) is 87.6 Å². The summed E-state index contributed by atoms with van der Waals surface area (Å²) >= 11 is 0. The van der Waals surface area contributed by atoms with Gasteiger partial charge in [-0.1, -0.05) is 140 Å². The fraction of sp³-hybridized carbons (Fsp3) is 0.